The maximum atomic E-state index is 10.2. The third-order valence-corrected chi connectivity index (χ3v) is 6.60. The molecule has 0 saturated carbocycles. The van der Waals surface area contributed by atoms with Crippen LogP contribution in [-0.4, -0.2) is 74.1 Å². The number of fused-ring (bicyclic) bond motifs is 1. The highest BCUT2D eigenvalue weighted by Gasteiger charge is 2.28. The summed E-state index contributed by atoms with van der Waals surface area (Å²) in [6, 6.07) is 4.61. The molecule has 2 aromatic heterocycles. The molecule has 1 atom stereocenters. The summed E-state index contributed by atoms with van der Waals surface area (Å²) >= 11 is 0. The number of allylic oxidation sites excluding steroid dienone is 1. The van der Waals surface area contributed by atoms with E-state index in [4.69, 9.17) is 9.97 Å². The van der Waals surface area contributed by atoms with Gasteiger partial charge >= 0.3 is 0 Å². The van der Waals surface area contributed by atoms with Crippen molar-refractivity contribution in [1.29, 1.82) is 0 Å². The number of aliphatic hydroxyl groups excluding tert-OH is 1. The second kappa shape index (κ2) is 19.1. The van der Waals surface area contributed by atoms with Crippen molar-refractivity contribution in [1.82, 2.24) is 29.2 Å². The van der Waals surface area contributed by atoms with Gasteiger partial charge in [-0.3, -0.25) is 14.8 Å². The van der Waals surface area contributed by atoms with Gasteiger partial charge in [0, 0.05) is 38.9 Å². The lowest BCUT2D eigenvalue weighted by atomic mass is 9.90. The van der Waals surface area contributed by atoms with Gasteiger partial charge in [0.05, 0.1) is 42.7 Å². The van der Waals surface area contributed by atoms with E-state index in [-0.39, 0.29) is 6.61 Å². The molecule has 3 heterocycles. The van der Waals surface area contributed by atoms with Crippen LogP contribution in [0.2, 0.25) is 0 Å². The van der Waals surface area contributed by atoms with Crippen molar-refractivity contribution >= 4 is 0 Å². The van der Waals surface area contributed by atoms with Gasteiger partial charge in [0.25, 0.3) is 0 Å². The molecule has 0 bridgehead atoms. The zero-order valence-corrected chi connectivity index (χ0v) is 24.8. The Labute approximate surface area is 227 Å². The van der Waals surface area contributed by atoms with E-state index in [9.17, 15) is 5.11 Å². The molecule has 1 saturated heterocycles. The second-order valence-electron chi connectivity index (χ2n) is 9.16. The Morgan fingerprint density at radius 1 is 1.14 bits per heavy atom. The number of nitrogens with zero attached hydrogens (tertiary/aromatic N) is 6. The molecular formula is C30H54N6O. The van der Waals surface area contributed by atoms with Crippen LogP contribution in [0.3, 0.4) is 0 Å². The quantitative estimate of drug-likeness (QED) is 0.469. The Kier molecular flexibility index (Phi) is 17.0. The summed E-state index contributed by atoms with van der Waals surface area (Å²) in [5, 5.41) is 10.2. The molecule has 7 nitrogen and oxygen atoms in total. The maximum Gasteiger partial charge on any atom is 0.0964 e. The van der Waals surface area contributed by atoms with Gasteiger partial charge in [0.15, 0.2) is 0 Å². The molecule has 0 spiro atoms. The first-order valence-corrected chi connectivity index (χ1v) is 14.4. The summed E-state index contributed by atoms with van der Waals surface area (Å²) in [7, 11) is 2.17. The third-order valence-electron chi connectivity index (χ3n) is 6.60. The number of aromatic nitrogens is 3. The van der Waals surface area contributed by atoms with Gasteiger partial charge in [-0.25, -0.2) is 4.98 Å². The fraction of sp³-hybridized carbons (Fsp3) is 0.667. The highest BCUT2D eigenvalue weighted by Crippen LogP contribution is 2.34. The average Bonchev–Trinajstić information content (AvgIpc) is 3.33. The standard InChI is InChI=1S/C23H36N6O.C3H6.2C2H6/c1-3-10-28(21-8-4-6-19-7-5-9-24-23(19)21)15-20-22(16-30)29(17-25-20)18-27-13-11-26(2)12-14-27;1-3-2;2*1-2/h5,7,9,17,21,30H,3-4,6,8,10-16,18H2,1-2H3;3H,1H2,2H3;2*1-2H3/t21-;;;/m0.../s1. The van der Waals surface area contributed by atoms with Crippen molar-refractivity contribution in [2.45, 2.75) is 93.1 Å². The smallest absolute Gasteiger partial charge is 0.0964 e. The average molecular weight is 515 g/mol. The predicted molar refractivity (Wildman–Crippen MR) is 156 cm³/mol. The van der Waals surface area contributed by atoms with Crippen LogP contribution in [0, 0.1) is 0 Å². The van der Waals surface area contributed by atoms with Gasteiger partial charge in [-0.2, -0.15) is 0 Å². The minimum Gasteiger partial charge on any atom is -0.390 e. The Hall–Kier alpha value is -2.06. The first kappa shape index (κ1) is 33.0. The van der Waals surface area contributed by atoms with Crippen molar-refractivity contribution in [2.24, 2.45) is 0 Å². The molecule has 7 heteroatoms. The molecule has 4 rings (SSSR count). The molecule has 0 amide bonds. The molecule has 1 aliphatic heterocycles. The van der Waals surface area contributed by atoms with Gasteiger partial charge in [-0.1, -0.05) is 46.8 Å². The molecule has 37 heavy (non-hydrogen) atoms. The van der Waals surface area contributed by atoms with Crippen LogP contribution in [0.1, 0.15) is 89.5 Å². The molecule has 1 fully saturated rings. The Morgan fingerprint density at radius 3 is 2.43 bits per heavy atom. The summed E-state index contributed by atoms with van der Waals surface area (Å²) in [4.78, 5) is 16.8. The summed E-state index contributed by atoms with van der Waals surface area (Å²) < 4.78 is 2.14. The van der Waals surface area contributed by atoms with Gasteiger partial charge in [0.1, 0.15) is 0 Å². The Morgan fingerprint density at radius 2 is 1.81 bits per heavy atom. The minimum atomic E-state index is 0.0303. The summed E-state index contributed by atoms with van der Waals surface area (Å²) in [5.74, 6) is 0. The fourth-order valence-corrected chi connectivity index (χ4v) is 4.86. The number of piperazine rings is 1. The molecule has 0 unspecified atom stereocenters. The number of rotatable bonds is 8. The van der Waals surface area contributed by atoms with Crippen LogP contribution in [0.15, 0.2) is 37.3 Å². The van der Waals surface area contributed by atoms with Crippen LogP contribution in [0.25, 0.3) is 0 Å². The molecule has 1 aliphatic carbocycles. The normalized spacial score (nSPS) is 17.4. The third kappa shape index (κ3) is 9.97. The molecular weight excluding hydrogens is 460 g/mol. The summed E-state index contributed by atoms with van der Waals surface area (Å²) in [6.45, 7) is 22.4. The number of imidazole rings is 1. The molecule has 0 aromatic carbocycles. The predicted octanol–water partition coefficient (Wildman–Crippen LogP) is 5.51. The monoisotopic (exact) mass is 514 g/mol. The molecule has 1 N–H and O–H groups in total. The van der Waals surface area contributed by atoms with E-state index in [0.717, 1.165) is 76.6 Å². The van der Waals surface area contributed by atoms with Crippen LogP contribution >= 0.6 is 0 Å². The molecule has 2 aromatic rings. The maximum absolute atomic E-state index is 10.2. The van der Waals surface area contributed by atoms with Crippen molar-refractivity contribution in [3.05, 3.63) is 60.0 Å². The largest absolute Gasteiger partial charge is 0.390 e. The van der Waals surface area contributed by atoms with Crippen molar-refractivity contribution in [3.63, 3.8) is 0 Å². The van der Waals surface area contributed by atoms with E-state index < -0.39 is 0 Å². The molecule has 0 radical (unpaired) electrons. The highest BCUT2D eigenvalue weighted by molar-refractivity contribution is 5.26. The number of pyridine rings is 1. The van der Waals surface area contributed by atoms with Crippen molar-refractivity contribution in [3.8, 4) is 0 Å². The zero-order chi connectivity index (χ0) is 27.6. The Bertz CT molecular complexity index is 860. The van der Waals surface area contributed by atoms with Gasteiger partial charge in [0.2, 0.25) is 0 Å². The van der Waals surface area contributed by atoms with Gasteiger partial charge in [-0.05, 0) is 57.8 Å². The summed E-state index contributed by atoms with van der Waals surface area (Å²) in [6.07, 6.45) is 10.1. The fourth-order valence-electron chi connectivity index (χ4n) is 4.86. The SMILES string of the molecule is C=CC.CC.CC.CCCN(Cc1ncn(CN2CCN(C)CC2)c1CO)[C@H]1CCCc2cccnc21. The summed E-state index contributed by atoms with van der Waals surface area (Å²) in [5.41, 5.74) is 4.58. The van der Waals surface area contributed by atoms with E-state index in [0.29, 0.717) is 6.04 Å². The lowest BCUT2D eigenvalue weighted by Gasteiger charge is -2.35. The lowest BCUT2D eigenvalue weighted by molar-refractivity contribution is 0.120. The number of likely N-dealkylation sites (N-methyl/N-ethyl adjacent to an activating group) is 1. The molecule has 210 valence electrons. The topological polar surface area (TPSA) is 60.7 Å². The van der Waals surface area contributed by atoms with E-state index in [1.807, 2.05) is 47.1 Å². The molecule has 2 aliphatic rings. The second-order valence-corrected chi connectivity index (χ2v) is 9.16. The minimum absolute atomic E-state index is 0.0303. The van der Waals surface area contributed by atoms with Crippen LogP contribution in [0.5, 0.6) is 0 Å². The first-order valence-electron chi connectivity index (χ1n) is 14.4. The van der Waals surface area contributed by atoms with E-state index >= 15 is 0 Å². The van der Waals surface area contributed by atoms with Crippen molar-refractivity contribution in [2.75, 3.05) is 39.8 Å². The number of aryl methyl sites for hydroxylation is 1. The number of hydrogen-bond donors (Lipinski definition) is 1. The highest BCUT2D eigenvalue weighted by atomic mass is 16.3. The lowest BCUT2D eigenvalue weighted by Crippen LogP contribution is -2.45. The van der Waals surface area contributed by atoms with Crippen LogP contribution in [0.4, 0.5) is 0 Å². The van der Waals surface area contributed by atoms with E-state index in [1.165, 1.54) is 17.7 Å². The van der Waals surface area contributed by atoms with Gasteiger partial charge in [-0.15, -0.1) is 6.58 Å². The first-order chi connectivity index (χ1) is 18.1. The number of aliphatic hydroxyl groups is 1. The van der Waals surface area contributed by atoms with E-state index in [2.05, 4.69) is 51.9 Å². The zero-order valence-electron chi connectivity index (χ0n) is 24.8. The number of hydrogen-bond acceptors (Lipinski definition) is 6. The van der Waals surface area contributed by atoms with Crippen LogP contribution < -0.4 is 0 Å². The Balaban J connectivity index is 0.000000894. The van der Waals surface area contributed by atoms with Gasteiger partial charge < -0.3 is 14.6 Å². The van der Waals surface area contributed by atoms with E-state index in [1.54, 1.807) is 6.08 Å². The van der Waals surface area contributed by atoms with Crippen molar-refractivity contribution < 1.29 is 5.11 Å². The van der Waals surface area contributed by atoms with Crippen LogP contribution in [-0.2, 0) is 26.2 Å².